The van der Waals surface area contributed by atoms with Crippen molar-refractivity contribution in [2.24, 2.45) is 23.7 Å². The summed E-state index contributed by atoms with van der Waals surface area (Å²) >= 11 is 0. The second-order valence-corrected chi connectivity index (χ2v) is 6.94. The van der Waals surface area contributed by atoms with E-state index >= 15 is 0 Å². The zero-order chi connectivity index (χ0) is 17.7. The number of amides is 3. The van der Waals surface area contributed by atoms with E-state index in [4.69, 9.17) is 0 Å². The molecule has 1 saturated carbocycles. The molecule has 1 saturated heterocycles. The van der Waals surface area contributed by atoms with Gasteiger partial charge >= 0.3 is 0 Å². The van der Waals surface area contributed by atoms with Crippen molar-refractivity contribution >= 4 is 29.2 Å². The Bertz CT molecular complexity index is 781. The first kappa shape index (κ1) is 15.7. The van der Waals surface area contributed by atoms with E-state index in [1.807, 2.05) is 12.2 Å². The fraction of sp³-hybridized carbons (Fsp3) is 0.368. The summed E-state index contributed by atoms with van der Waals surface area (Å²) in [4.78, 5) is 49.7. The highest BCUT2D eigenvalue weighted by atomic mass is 16.2. The largest absolute Gasteiger partial charge is 0.325 e. The smallest absolute Gasteiger partial charge is 0.244 e. The molecule has 0 radical (unpaired) electrons. The van der Waals surface area contributed by atoms with E-state index in [0.717, 1.165) is 11.3 Å². The molecule has 1 aromatic rings. The number of benzene rings is 1. The van der Waals surface area contributed by atoms with Gasteiger partial charge in [0.05, 0.1) is 11.8 Å². The molecule has 2 aliphatic carbocycles. The van der Waals surface area contributed by atoms with Crippen LogP contribution in [0.1, 0.15) is 23.7 Å². The van der Waals surface area contributed by atoms with Gasteiger partial charge in [-0.2, -0.15) is 0 Å². The number of carbonyl (C=O) groups is 4. The van der Waals surface area contributed by atoms with E-state index in [-0.39, 0.29) is 47.8 Å². The van der Waals surface area contributed by atoms with Crippen LogP contribution in [0.5, 0.6) is 0 Å². The molecule has 6 heteroatoms. The number of likely N-dealkylation sites (tertiary alicyclic amines) is 1. The van der Waals surface area contributed by atoms with Crippen LogP contribution in [0.4, 0.5) is 5.69 Å². The van der Waals surface area contributed by atoms with Gasteiger partial charge < -0.3 is 5.32 Å². The minimum atomic E-state index is -0.419. The van der Waals surface area contributed by atoms with Crippen LogP contribution in [0.25, 0.3) is 0 Å². The highest BCUT2D eigenvalue weighted by molar-refractivity contribution is 6.09. The fourth-order valence-electron chi connectivity index (χ4n) is 4.25. The van der Waals surface area contributed by atoms with Crippen LogP contribution in [0, 0.1) is 23.7 Å². The van der Waals surface area contributed by atoms with Gasteiger partial charge in [-0.15, -0.1) is 0 Å². The number of anilines is 1. The van der Waals surface area contributed by atoms with Crippen LogP contribution in [-0.2, 0) is 14.4 Å². The maximum absolute atomic E-state index is 12.5. The lowest BCUT2D eigenvalue weighted by atomic mass is 9.85. The van der Waals surface area contributed by atoms with E-state index in [1.54, 1.807) is 24.3 Å². The average Bonchev–Trinajstić information content (AvgIpc) is 3.25. The Labute approximate surface area is 144 Å². The first-order valence-corrected chi connectivity index (χ1v) is 8.40. The number of rotatable bonds is 4. The number of imide groups is 1. The molecule has 0 spiro atoms. The highest BCUT2D eigenvalue weighted by Crippen LogP contribution is 2.52. The third-order valence-corrected chi connectivity index (χ3v) is 5.44. The summed E-state index contributed by atoms with van der Waals surface area (Å²) in [7, 11) is 0. The summed E-state index contributed by atoms with van der Waals surface area (Å²) in [6.45, 7) is 1.20. The quantitative estimate of drug-likeness (QED) is 0.514. The number of ketones is 1. The van der Waals surface area contributed by atoms with Gasteiger partial charge in [-0.1, -0.05) is 12.2 Å². The first-order valence-electron chi connectivity index (χ1n) is 8.40. The van der Waals surface area contributed by atoms with Crippen molar-refractivity contribution < 1.29 is 19.2 Å². The summed E-state index contributed by atoms with van der Waals surface area (Å²) < 4.78 is 0. The van der Waals surface area contributed by atoms with E-state index in [0.29, 0.717) is 11.3 Å². The van der Waals surface area contributed by atoms with Gasteiger partial charge in [0.2, 0.25) is 17.7 Å². The number of Topliss-reactive ketones (excluding diaryl/α,β-unsaturated/α-hetero) is 1. The van der Waals surface area contributed by atoms with Crippen molar-refractivity contribution in [3.05, 3.63) is 42.0 Å². The van der Waals surface area contributed by atoms with Crippen LogP contribution in [0.15, 0.2) is 36.4 Å². The van der Waals surface area contributed by atoms with E-state index < -0.39 is 5.91 Å². The number of carbonyl (C=O) groups excluding carboxylic acids is 4. The third-order valence-electron chi connectivity index (χ3n) is 5.44. The number of nitrogens with zero attached hydrogens (tertiary/aromatic N) is 1. The second kappa shape index (κ2) is 5.65. The Morgan fingerprint density at radius 3 is 2.12 bits per heavy atom. The molecular weight excluding hydrogens is 320 g/mol. The summed E-state index contributed by atoms with van der Waals surface area (Å²) in [5.74, 6) is -1.23. The van der Waals surface area contributed by atoms with Crippen LogP contribution in [-0.4, -0.2) is 34.9 Å². The van der Waals surface area contributed by atoms with E-state index in [9.17, 15) is 19.2 Å². The van der Waals surface area contributed by atoms with E-state index in [2.05, 4.69) is 5.32 Å². The lowest BCUT2D eigenvalue weighted by Gasteiger charge is -2.16. The van der Waals surface area contributed by atoms with Crippen LogP contribution < -0.4 is 5.32 Å². The number of allylic oxidation sites excluding steroid dienone is 2. The Morgan fingerprint density at radius 2 is 1.60 bits per heavy atom. The molecule has 1 aliphatic heterocycles. The van der Waals surface area contributed by atoms with Crippen LogP contribution in [0.3, 0.4) is 0 Å². The minimum absolute atomic E-state index is 0.0547. The predicted octanol–water partition coefficient (Wildman–Crippen LogP) is 1.63. The SMILES string of the molecule is CC(=O)c1ccc(NC(=O)CN2C(=O)[C@H]3[C@H](C2=O)[C@H]2C=C[C@H]3C2)cc1. The molecular formula is C19H18N2O4. The summed E-state index contributed by atoms with van der Waals surface area (Å²) in [5.41, 5.74) is 1.08. The van der Waals surface area contributed by atoms with Gasteiger partial charge in [0.15, 0.2) is 5.78 Å². The molecule has 0 aromatic heterocycles. The third kappa shape index (κ3) is 2.49. The molecule has 25 heavy (non-hydrogen) atoms. The zero-order valence-corrected chi connectivity index (χ0v) is 13.8. The monoisotopic (exact) mass is 338 g/mol. The fourth-order valence-corrected chi connectivity index (χ4v) is 4.25. The Hall–Kier alpha value is -2.76. The summed E-state index contributed by atoms with van der Waals surface area (Å²) in [6, 6.07) is 6.50. The van der Waals surface area contributed by atoms with E-state index in [1.165, 1.54) is 6.92 Å². The van der Waals surface area contributed by atoms with Gasteiger partial charge in [-0.3, -0.25) is 24.1 Å². The van der Waals surface area contributed by atoms with Crippen molar-refractivity contribution in [1.82, 2.24) is 4.90 Å². The van der Waals surface area contributed by atoms with Gasteiger partial charge in [-0.25, -0.2) is 0 Å². The van der Waals surface area contributed by atoms with Gasteiger partial charge in [0.1, 0.15) is 6.54 Å². The molecule has 4 rings (SSSR count). The van der Waals surface area contributed by atoms with Crippen molar-refractivity contribution in [2.45, 2.75) is 13.3 Å². The molecule has 1 heterocycles. The molecule has 3 amide bonds. The van der Waals surface area contributed by atoms with Gasteiger partial charge in [-0.05, 0) is 49.4 Å². The topological polar surface area (TPSA) is 83.6 Å². The van der Waals surface area contributed by atoms with Crippen molar-refractivity contribution in [3.8, 4) is 0 Å². The maximum Gasteiger partial charge on any atom is 0.244 e. The Morgan fingerprint density at radius 1 is 1.04 bits per heavy atom. The minimum Gasteiger partial charge on any atom is -0.325 e. The molecule has 128 valence electrons. The number of fused-ring (bicyclic) bond motifs is 5. The maximum atomic E-state index is 12.5. The standard InChI is InChI=1S/C19H18N2O4/c1-10(22)11-4-6-14(7-5-11)20-15(23)9-21-18(24)16-12-2-3-13(8-12)17(16)19(21)25/h2-7,12-13,16-17H,8-9H2,1H3,(H,20,23)/t12-,13-,16+,17+/m0/s1. The number of hydrogen-bond donors (Lipinski definition) is 1. The molecule has 0 unspecified atom stereocenters. The Balaban J connectivity index is 1.42. The second-order valence-electron chi connectivity index (χ2n) is 6.94. The zero-order valence-electron chi connectivity index (χ0n) is 13.8. The lowest BCUT2D eigenvalue weighted by molar-refractivity contribution is -0.143. The molecule has 1 N–H and O–H groups in total. The Kier molecular flexibility index (Phi) is 3.56. The number of nitrogens with one attached hydrogen (secondary N) is 1. The molecule has 2 fully saturated rings. The molecule has 1 aromatic carbocycles. The molecule has 6 nitrogen and oxygen atoms in total. The van der Waals surface area contributed by atoms with Gasteiger partial charge in [0.25, 0.3) is 0 Å². The summed E-state index contributed by atoms with van der Waals surface area (Å²) in [6.07, 6.45) is 4.92. The van der Waals surface area contributed by atoms with Gasteiger partial charge in [0, 0.05) is 11.3 Å². The van der Waals surface area contributed by atoms with Crippen LogP contribution in [0.2, 0.25) is 0 Å². The predicted molar refractivity (Wildman–Crippen MR) is 89.5 cm³/mol. The molecule has 4 atom stereocenters. The van der Waals surface area contributed by atoms with Crippen molar-refractivity contribution in [1.29, 1.82) is 0 Å². The van der Waals surface area contributed by atoms with Crippen molar-refractivity contribution in [2.75, 3.05) is 11.9 Å². The van der Waals surface area contributed by atoms with Crippen LogP contribution >= 0.6 is 0 Å². The normalized spacial score (nSPS) is 29.2. The molecule has 3 aliphatic rings. The number of hydrogen-bond acceptors (Lipinski definition) is 4. The first-order chi connectivity index (χ1) is 12.0. The van der Waals surface area contributed by atoms with Crippen molar-refractivity contribution in [3.63, 3.8) is 0 Å². The summed E-state index contributed by atoms with van der Waals surface area (Å²) in [5, 5.41) is 2.67. The highest BCUT2D eigenvalue weighted by Gasteiger charge is 2.59. The average molecular weight is 338 g/mol. The molecule has 2 bridgehead atoms. The lowest BCUT2D eigenvalue weighted by Crippen LogP contribution is -2.39.